The third-order valence-electron chi connectivity index (χ3n) is 4.52. The Balaban J connectivity index is 1.65. The van der Waals surface area contributed by atoms with E-state index in [1.165, 1.54) is 19.5 Å². The summed E-state index contributed by atoms with van der Waals surface area (Å²) in [6.07, 6.45) is 5.42. The molecule has 3 atom stereocenters. The number of fused-ring (bicyclic) bond motifs is 2. The number of hydrogen-bond acceptors (Lipinski definition) is 7. The highest BCUT2D eigenvalue weighted by molar-refractivity contribution is 5.86. The van der Waals surface area contributed by atoms with Gasteiger partial charge in [0.2, 0.25) is 0 Å². The number of carbonyl (C=O) groups is 2. The Kier molecular flexibility index (Phi) is 4.53. The van der Waals surface area contributed by atoms with Gasteiger partial charge in [0.15, 0.2) is 5.69 Å². The zero-order valence-corrected chi connectivity index (χ0v) is 15.0. The quantitative estimate of drug-likeness (QED) is 0.837. The van der Waals surface area contributed by atoms with E-state index in [9.17, 15) is 9.59 Å². The van der Waals surface area contributed by atoms with Crippen LogP contribution in [0.5, 0.6) is 0 Å². The summed E-state index contributed by atoms with van der Waals surface area (Å²) >= 11 is 0. The van der Waals surface area contributed by atoms with E-state index >= 15 is 0 Å². The molecule has 2 saturated heterocycles. The molecule has 1 amide bonds. The van der Waals surface area contributed by atoms with E-state index in [2.05, 4.69) is 20.0 Å². The fourth-order valence-electron chi connectivity index (χ4n) is 3.55. The summed E-state index contributed by atoms with van der Waals surface area (Å²) in [6.45, 7) is 5.62. The van der Waals surface area contributed by atoms with E-state index in [0.29, 0.717) is 5.82 Å². The van der Waals surface area contributed by atoms with Gasteiger partial charge in [-0.2, -0.15) is 0 Å². The van der Waals surface area contributed by atoms with Crippen LogP contribution in [0.15, 0.2) is 12.4 Å². The molecular formula is C17H24N4O4. The number of amides is 1. The van der Waals surface area contributed by atoms with Gasteiger partial charge < -0.3 is 19.7 Å². The monoisotopic (exact) mass is 348 g/mol. The van der Waals surface area contributed by atoms with Crippen molar-refractivity contribution >= 4 is 17.9 Å². The molecule has 0 unspecified atom stereocenters. The van der Waals surface area contributed by atoms with Crippen LogP contribution in [0.3, 0.4) is 0 Å². The van der Waals surface area contributed by atoms with Crippen LogP contribution in [0, 0.1) is 0 Å². The number of esters is 1. The minimum atomic E-state index is -0.518. The Morgan fingerprint density at radius 2 is 2.00 bits per heavy atom. The molecule has 25 heavy (non-hydrogen) atoms. The van der Waals surface area contributed by atoms with Gasteiger partial charge in [-0.3, -0.25) is 0 Å². The summed E-state index contributed by atoms with van der Waals surface area (Å²) in [5.41, 5.74) is -0.339. The Morgan fingerprint density at radius 1 is 1.24 bits per heavy atom. The zero-order valence-electron chi connectivity index (χ0n) is 15.0. The van der Waals surface area contributed by atoms with Gasteiger partial charge in [0.1, 0.15) is 11.4 Å². The molecule has 8 nitrogen and oxygen atoms in total. The van der Waals surface area contributed by atoms with Crippen molar-refractivity contribution in [2.24, 2.45) is 0 Å². The van der Waals surface area contributed by atoms with Gasteiger partial charge >= 0.3 is 12.1 Å². The molecule has 0 aromatic carbocycles. The fraction of sp³-hybridized carbons (Fsp3) is 0.647. The first-order chi connectivity index (χ1) is 11.8. The highest BCUT2D eigenvalue weighted by Gasteiger charge is 2.50. The molecule has 0 saturated carbocycles. The van der Waals surface area contributed by atoms with Crippen LogP contribution in [0.4, 0.5) is 10.6 Å². The van der Waals surface area contributed by atoms with Crippen LogP contribution in [-0.4, -0.2) is 57.8 Å². The number of rotatable bonds is 3. The first-order valence-electron chi connectivity index (χ1n) is 8.46. The van der Waals surface area contributed by atoms with Crippen molar-refractivity contribution < 1.29 is 19.1 Å². The van der Waals surface area contributed by atoms with Crippen molar-refractivity contribution in [2.45, 2.75) is 63.8 Å². The third kappa shape index (κ3) is 3.67. The van der Waals surface area contributed by atoms with Gasteiger partial charge in [-0.1, -0.05) is 0 Å². The smallest absolute Gasteiger partial charge is 0.410 e. The lowest BCUT2D eigenvalue weighted by Gasteiger charge is -2.28. The zero-order chi connectivity index (χ0) is 18.2. The fourth-order valence-corrected chi connectivity index (χ4v) is 3.55. The molecule has 1 aromatic heterocycles. The summed E-state index contributed by atoms with van der Waals surface area (Å²) in [6, 6.07) is 0.381. The number of nitrogens with one attached hydrogen (secondary N) is 1. The third-order valence-corrected chi connectivity index (χ3v) is 4.52. The average Bonchev–Trinajstić information content (AvgIpc) is 3.11. The normalized spacial score (nSPS) is 25.0. The molecule has 2 aliphatic heterocycles. The van der Waals surface area contributed by atoms with Crippen LogP contribution in [0.2, 0.25) is 0 Å². The van der Waals surface area contributed by atoms with Gasteiger partial charge in [-0.15, -0.1) is 0 Å². The van der Waals surface area contributed by atoms with Crippen molar-refractivity contribution in [2.75, 3.05) is 12.4 Å². The second-order valence-electron chi connectivity index (χ2n) is 7.45. The molecule has 0 radical (unpaired) electrons. The standard InChI is InChI=1S/C17H24N4O4/c1-17(2,3)25-16(23)21-10-5-6-13(21)11(7-10)20-14-9-18-12(8-19-14)15(22)24-4/h8-11,13H,5-7H2,1-4H3,(H,19,20)/t10-,11-,13+/m1/s1. The highest BCUT2D eigenvalue weighted by atomic mass is 16.6. The maximum absolute atomic E-state index is 12.5. The van der Waals surface area contributed by atoms with E-state index < -0.39 is 11.6 Å². The number of aromatic nitrogens is 2. The molecule has 3 rings (SSSR count). The number of methoxy groups -OCH3 is 1. The van der Waals surface area contributed by atoms with Gasteiger partial charge in [-0.05, 0) is 40.0 Å². The number of hydrogen-bond donors (Lipinski definition) is 1. The first-order valence-corrected chi connectivity index (χ1v) is 8.46. The predicted molar refractivity (Wildman–Crippen MR) is 90.3 cm³/mol. The van der Waals surface area contributed by atoms with Crippen LogP contribution in [-0.2, 0) is 9.47 Å². The summed E-state index contributed by atoms with van der Waals surface area (Å²) in [5, 5.41) is 3.33. The van der Waals surface area contributed by atoms with Gasteiger partial charge in [0.05, 0.1) is 31.6 Å². The SMILES string of the molecule is COC(=O)c1cnc(N[C@@H]2C[C@H]3CC[C@@H]2N3C(=O)OC(C)(C)C)cn1. The molecule has 2 fully saturated rings. The van der Waals surface area contributed by atoms with Crippen molar-refractivity contribution in [1.82, 2.24) is 14.9 Å². The number of anilines is 1. The van der Waals surface area contributed by atoms with Crippen LogP contribution in [0.1, 0.15) is 50.5 Å². The number of ether oxygens (including phenoxy) is 2. The van der Waals surface area contributed by atoms with Gasteiger partial charge in [-0.25, -0.2) is 19.6 Å². The summed E-state index contributed by atoms with van der Waals surface area (Å²) in [7, 11) is 1.30. The average molecular weight is 348 g/mol. The molecule has 2 aliphatic rings. The Morgan fingerprint density at radius 3 is 2.60 bits per heavy atom. The van der Waals surface area contributed by atoms with Gasteiger partial charge in [0, 0.05) is 6.04 Å². The van der Waals surface area contributed by atoms with Crippen molar-refractivity contribution in [3.63, 3.8) is 0 Å². The lowest BCUT2D eigenvalue weighted by Crippen LogP contribution is -2.42. The van der Waals surface area contributed by atoms with E-state index in [1.807, 2.05) is 25.7 Å². The molecule has 8 heteroatoms. The van der Waals surface area contributed by atoms with E-state index in [-0.39, 0.29) is 29.9 Å². The van der Waals surface area contributed by atoms with Crippen LogP contribution in [0.25, 0.3) is 0 Å². The molecule has 1 N–H and O–H groups in total. The molecular weight excluding hydrogens is 324 g/mol. The largest absolute Gasteiger partial charge is 0.464 e. The maximum Gasteiger partial charge on any atom is 0.410 e. The minimum Gasteiger partial charge on any atom is -0.464 e. The lowest BCUT2D eigenvalue weighted by molar-refractivity contribution is 0.0214. The Bertz CT molecular complexity index is 656. The van der Waals surface area contributed by atoms with Crippen LogP contribution >= 0.6 is 0 Å². The molecule has 136 valence electrons. The second kappa shape index (κ2) is 6.50. The summed E-state index contributed by atoms with van der Waals surface area (Å²) < 4.78 is 10.1. The Hall–Kier alpha value is -2.38. The highest BCUT2D eigenvalue weighted by Crippen LogP contribution is 2.39. The predicted octanol–water partition coefficient (Wildman–Crippen LogP) is 2.22. The Labute approximate surface area is 146 Å². The lowest BCUT2D eigenvalue weighted by atomic mass is 9.95. The van der Waals surface area contributed by atoms with Crippen molar-refractivity contribution in [3.8, 4) is 0 Å². The topological polar surface area (TPSA) is 93.7 Å². The number of carbonyl (C=O) groups excluding carboxylic acids is 2. The summed E-state index contributed by atoms with van der Waals surface area (Å²) in [5.74, 6) is 0.0596. The van der Waals surface area contributed by atoms with E-state index in [0.717, 1.165) is 19.3 Å². The minimum absolute atomic E-state index is 0.0851. The van der Waals surface area contributed by atoms with E-state index in [4.69, 9.17) is 4.74 Å². The summed E-state index contributed by atoms with van der Waals surface area (Å²) in [4.78, 5) is 34.0. The molecule has 0 aliphatic carbocycles. The van der Waals surface area contributed by atoms with Crippen molar-refractivity contribution in [3.05, 3.63) is 18.1 Å². The van der Waals surface area contributed by atoms with Crippen molar-refractivity contribution in [1.29, 1.82) is 0 Å². The van der Waals surface area contributed by atoms with Crippen LogP contribution < -0.4 is 5.32 Å². The molecule has 1 aromatic rings. The molecule has 3 heterocycles. The maximum atomic E-state index is 12.5. The number of nitrogens with zero attached hydrogens (tertiary/aromatic N) is 3. The van der Waals surface area contributed by atoms with E-state index in [1.54, 1.807) is 0 Å². The second-order valence-corrected chi connectivity index (χ2v) is 7.45. The molecule has 2 bridgehead atoms. The van der Waals surface area contributed by atoms with Gasteiger partial charge in [0.25, 0.3) is 0 Å². The molecule has 0 spiro atoms. The first kappa shape index (κ1) is 17.4.